The van der Waals surface area contributed by atoms with Crippen molar-refractivity contribution in [2.24, 2.45) is 5.73 Å². The standard InChI is InChI=1S/C9H18N2O.2C2H6.2CH4/c1-2-3-6-11-8(7-10)4-5-9(11)12;2*1-2;;/h8H,2-7,10H2,1H3;2*1-2H3;2*1H4/t8-;;;;/m1..../s1. The van der Waals surface area contributed by atoms with Gasteiger partial charge in [-0.05, 0) is 12.8 Å². The minimum atomic E-state index is 0. The molecule has 3 nitrogen and oxygen atoms in total. The summed E-state index contributed by atoms with van der Waals surface area (Å²) in [7, 11) is 0. The van der Waals surface area contributed by atoms with Crippen molar-refractivity contribution in [3.05, 3.63) is 0 Å². The smallest absolute Gasteiger partial charge is 0.222 e. The molecule has 0 aliphatic carbocycles. The molecule has 1 atom stereocenters. The van der Waals surface area contributed by atoms with Crippen LogP contribution in [0.3, 0.4) is 0 Å². The molecule has 0 aromatic carbocycles. The van der Waals surface area contributed by atoms with Crippen LogP contribution in [0.15, 0.2) is 0 Å². The van der Waals surface area contributed by atoms with Crippen molar-refractivity contribution in [3.8, 4) is 0 Å². The third-order valence-electron chi connectivity index (χ3n) is 2.48. The molecule has 0 radical (unpaired) electrons. The van der Waals surface area contributed by atoms with E-state index in [9.17, 15) is 4.79 Å². The maximum atomic E-state index is 11.3. The molecular formula is C15H38N2O. The maximum absolute atomic E-state index is 11.3. The van der Waals surface area contributed by atoms with Gasteiger partial charge in [0.15, 0.2) is 0 Å². The second kappa shape index (κ2) is 18.8. The van der Waals surface area contributed by atoms with Crippen LogP contribution in [0.25, 0.3) is 0 Å². The van der Waals surface area contributed by atoms with Gasteiger partial charge >= 0.3 is 0 Å². The number of amides is 1. The third kappa shape index (κ3) is 9.46. The van der Waals surface area contributed by atoms with Gasteiger partial charge in [-0.3, -0.25) is 4.79 Å². The molecule has 3 heteroatoms. The Balaban J connectivity index is -0.000000149. The molecule has 0 aromatic rings. The molecule has 1 amide bonds. The van der Waals surface area contributed by atoms with Gasteiger partial charge in [0, 0.05) is 25.6 Å². The molecule has 18 heavy (non-hydrogen) atoms. The Labute approximate surface area is 116 Å². The topological polar surface area (TPSA) is 46.3 Å². The monoisotopic (exact) mass is 262 g/mol. The third-order valence-corrected chi connectivity index (χ3v) is 2.48. The number of unbranched alkanes of at least 4 members (excludes halogenated alkanes) is 1. The van der Waals surface area contributed by atoms with E-state index in [2.05, 4.69) is 6.92 Å². The van der Waals surface area contributed by atoms with Gasteiger partial charge in [0.25, 0.3) is 0 Å². The minimum Gasteiger partial charge on any atom is -0.338 e. The number of hydrogen-bond acceptors (Lipinski definition) is 2. The molecule has 1 aliphatic heterocycles. The fourth-order valence-electron chi connectivity index (χ4n) is 1.67. The summed E-state index contributed by atoms with van der Waals surface area (Å²) in [6.07, 6.45) is 3.90. The molecule has 0 spiro atoms. The van der Waals surface area contributed by atoms with Crippen LogP contribution in [0.1, 0.15) is 75.2 Å². The van der Waals surface area contributed by atoms with Gasteiger partial charge in [-0.25, -0.2) is 0 Å². The van der Waals surface area contributed by atoms with Crippen molar-refractivity contribution >= 4 is 5.91 Å². The summed E-state index contributed by atoms with van der Waals surface area (Å²) < 4.78 is 0. The van der Waals surface area contributed by atoms with E-state index in [4.69, 9.17) is 5.73 Å². The average Bonchev–Trinajstić information content (AvgIpc) is 2.72. The van der Waals surface area contributed by atoms with Crippen LogP contribution >= 0.6 is 0 Å². The summed E-state index contributed by atoms with van der Waals surface area (Å²) in [5, 5.41) is 0. The van der Waals surface area contributed by atoms with Crippen molar-refractivity contribution in [3.63, 3.8) is 0 Å². The Morgan fingerprint density at radius 3 is 2.11 bits per heavy atom. The van der Waals surface area contributed by atoms with Gasteiger partial charge < -0.3 is 10.6 Å². The molecule has 1 rings (SSSR count). The summed E-state index contributed by atoms with van der Waals surface area (Å²) in [5.74, 6) is 0.291. The molecule has 114 valence electrons. The highest BCUT2D eigenvalue weighted by Gasteiger charge is 2.28. The lowest BCUT2D eigenvalue weighted by Gasteiger charge is -2.23. The predicted octanol–water partition coefficient (Wildman–Crippen LogP) is 4.06. The zero-order valence-electron chi connectivity index (χ0n) is 11.8. The second-order valence-corrected chi connectivity index (χ2v) is 3.37. The molecule has 0 aromatic heterocycles. The molecule has 0 bridgehead atoms. The van der Waals surface area contributed by atoms with Crippen LogP contribution in [0.5, 0.6) is 0 Å². The van der Waals surface area contributed by atoms with Gasteiger partial charge in [0.2, 0.25) is 5.91 Å². The zero-order chi connectivity index (χ0) is 13.0. The van der Waals surface area contributed by atoms with Crippen molar-refractivity contribution in [1.29, 1.82) is 0 Å². The molecule has 1 heterocycles. The largest absolute Gasteiger partial charge is 0.338 e. The van der Waals surface area contributed by atoms with E-state index in [1.165, 1.54) is 0 Å². The van der Waals surface area contributed by atoms with E-state index in [0.29, 0.717) is 24.9 Å². The SMILES string of the molecule is C.C.CC.CC.CCCCN1C(=O)CC[C@@H]1CN. The van der Waals surface area contributed by atoms with Gasteiger partial charge in [-0.2, -0.15) is 0 Å². The number of likely N-dealkylation sites (tertiary alicyclic amines) is 1. The minimum absolute atomic E-state index is 0. The van der Waals surface area contributed by atoms with Gasteiger partial charge in [-0.1, -0.05) is 55.9 Å². The molecule has 0 unspecified atom stereocenters. The summed E-state index contributed by atoms with van der Waals surface area (Å²) in [6, 6.07) is 0.323. The summed E-state index contributed by atoms with van der Waals surface area (Å²) >= 11 is 0. The van der Waals surface area contributed by atoms with Crippen molar-refractivity contribution < 1.29 is 4.79 Å². The average molecular weight is 262 g/mol. The lowest BCUT2D eigenvalue weighted by Crippen LogP contribution is -2.38. The zero-order valence-corrected chi connectivity index (χ0v) is 11.8. The highest BCUT2D eigenvalue weighted by Crippen LogP contribution is 2.17. The van der Waals surface area contributed by atoms with E-state index >= 15 is 0 Å². The van der Waals surface area contributed by atoms with E-state index in [1.807, 2.05) is 32.6 Å². The fraction of sp³-hybridized carbons (Fsp3) is 0.933. The number of rotatable bonds is 4. The quantitative estimate of drug-likeness (QED) is 0.830. The van der Waals surface area contributed by atoms with Crippen LogP contribution in [-0.2, 0) is 4.79 Å². The lowest BCUT2D eigenvalue weighted by atomic mass is 10.2. The molecule has 1 saturated heterocycles. The summed E-state index contributed by atoms with van der Waals surface area (Å²) in [4.78, 5) is 13.3. The Kier molecular flexibility index (Phi) is 27.2. The number of nitrogens with zero attached hydrogens (tertiary/aromatic N) is 1. The van der Waals surface area contributed by atoms with E-state index < -0.39 is 0 Å². The number of carbonyl (C=O) groups is 1. The Morgan fingerprint density at radius 2 is 1.72 bits per heavy atom. The normalized spacial score (nSPS) is 16.4. The Morgan fingerprint density at radius 1 is 1.22 bits per heavy atom. The van der Waals surface area contributed by atoms with Gasteiger partial charge in [-0.15, -0.1) is 0 Å². The predicted molar refractivity (Wildman–Crippen MR) is 84.9 cm³/mol. The Hall–Kier alpha value is -0.570. The molecule has 2 N–H and O–H groups in total. The van der Waals surface area contributed by atoms with Gasteiger partial charge in [0.1, 0.15) is 0 Å². The van der Waals surface area contributed by atoms with E-state index in [-0.39, 0.29) is 14.9 Å². The molecule has 1 fully saturated rings. The van der Waals surface area contributed by atoms with Crippen molar-refractivity contribution in [1.82, 2.24) is 4.90 Å². The summed E-state index contributed by atoms with van der Waals surface area (Å²) in [6.45, 7) is 11.7. The lowest BCUT2D eigenvalue weighted by molar-refractivity contribution is -0.128. The number of hydrogen-bond donors (Lipinski definition) is 1. The number of nitrogens with two attached hydrogens (primary N) is 1. The van der Waals surface area contributed by atoms with Crippen LogP contribution in [0.2, 0.25) is 0 Å². The fourth-order valence-corrected chi connectivity index (χ4v) is 1.67. The Bertz CT molecular complexity index is 161. The first-order chi connectivity index (χ1) is 7.79. The van der Waals surface area contributed by atoms with Gasteiger partial charge in [0.05, 0.1) is 0 Å². The molecule has 1 aliphatic rings. The van der Waals surface area contributed by atoms with Crippen LogP contribution in [0, 0.1) is 0 Å². The first kappa shape index (κ1) is 26.1. The number of carbonyl (C=O) groups excluding carboxylic acids is 1. The van der Waals surface area contributed by atoms with Crippen LogP contribution in [0.4, 0.5) is 0 Å². The van der Waals surface area contributed by atoms with E-state index in [1.54, 1.807) is 0 Å². The van der Waals surface area contributed by atoms with Crippen molar-refractivity contribution in [2.75, 3.05) is 13.1 Å². The molecule has 0 saturated carbocycles. The first-order valence-corrected chi connectivity index (χ1v) is 6.79. The highest BCUT2D eigenvalue weighted by molar-refractivity contribution is 5.78. The van der Waals surface area contributed by atoms with Crippen LogP contribution in [-0.4, -0.2) is 29.9 Å². The van der Waals surface area contributed by atoms with Crippen molar-refractivity contribution in [2.45, 2.75) is 81.2 Å². The molecular weight excluding hydrogens is 224 g/mol. The maximum Gasteiger partial charge on any atom is 0.222 e. The highest BCUT2D eigenvalue weighted by atomic mass is 16.2. The van der Waals surface area contributed by atoms with E-state index in [0.717, 1.165) is 25.8 Å². The second-order valence-electron chi connectivity index (χ2n) is 3.37. The first-order valence-electron chi connectivity index (χ1n) is 6.79. The summed E-state index contributed by atoms with van der Waals surface area (Å²) in [5.41, 5.74) is 5.56. The van der Waals surface area contributed by atoms with Crippen LogP contribution < -0.4 is 5.73 Å².